The first-order valence-corrected chi connectivity index (χ1v) is 13.2. The van der Waals surface area contributed by atoms with Crippen LogP contribution >= 0.6 is 27.3 Å². The van der Waals surface area contributed by atoms with Gasteiger partial charge in [-0.15, -0.1) is 0 Å². The average molecular weight is 603 g/mol. The molecule has 0 spiro atoms. The lowest BCUT2D eigenvalue weighted by atomic mass is 9.95. The Morgan fingerprint density at radius 3 is 2.39 bits per heavy atom. The zero-order valence-corrected chi connectivity index (χ0v) is 24.2. The number of rotatable bonds is 8. The number of hydrogen-bond acceptors (Lipinski definition) is 9. The zero-order valence-electron chi connectivity index (χ0n) is 21.8. The number of thiazole rings is 1. The van der Waals surface area contributed by atoms with E-state index in [1.165, 1.54) is 23.0 Å². The molecule has 4 rings (SSSR count). The molecule has 0 aliphatic carbocycles. The van der Waals surface area contributed by atoms with E-state index in [9.17, 15) is 9.59 Å². The Bertz CT molecular complexity index is 1610. The number of ether oxygens (including phenoxy) is 5. The third kappa shape index (κ3) is 4.95. The molecule has 0 N–H and O–H groups in total. The fraction of sp³-hybridized carbons (Fsp3) is 0.296. The lowest BCUT2D eigenvalue weighted by Gasteiger charge is -2.25. The molecule has 1 aliphatic heterocycles. The highest BCUT2D eigenvalue weighted by atomic mass is 79.9. The van der Waals surface area contributed by atoms with Crippen molar-refractivity contribution in [2.24, 2.45) is 4.99 Å². The summed E-state index contributed by atoms with van der Waals surface area (Å²) in [7, 11) is 6.17. The normalized spacial score (nSPS) is 15.0. The summed E-state index contributed by atoms with van der Waals surface area (Å²) < 4.78 is 29.7. The molecule has 200 valence electrons. The molecule has 11 heteroatoms. The van der Waals surface area contributed by atoms with Crippen LogP contribution in [0.2, 0.25) is 0 Å². The maximum Gasteiger partial charge on any atom is 0.338 e. The molecule has 0 fully saturated rings. The van der Waals surface area contributed by atoms with Crippen LogP contribution in [0, 0.1) is 0 Å². The lowest BCUT2D eigenvalue weighted by Crippen LogP contribution is -2.40. The first kappa shape index (κ1) is 27.5. The SMILES string of the molecule is CCOC(=O)C1=C(C)N=c2s/c(=C\c3cc(Br)c(OC)c(OC)c3)c(=O)n2C1c1ccc(OC)c(OC)c1. The van der Waals surface area contributed by atoms with Gasteiger partial charge in [-0.3, -0.25) is 9.36 Å². The number of fused-ring (bicyclic) bond motifs is 1. The van der Waals surface area contributed by atoms with E-state index in [2.05, 4.69) is 20.9 Å². The van der Waals surface area contributed by atoms with Gasteiger partial charge in [0, 0.05) is 0 Å². The molecule has 1 unspecified atom stereocenters. The van der Waals surface area contributed by atoms with E-state index in [0.29, 0.717) is 48.1 Å². The number of aromatic nitrogens is 1. The molecule has 1 atom stereocenters. The van der Waals surface area contributed by atoms with E-state index in [1.54, 1.807) is 65.5 Å². The summed E-state index contributed by atoms with van der Waals surface area (Å²) in [6.45, 7) is 3.66. The third-order valence-corrected chi connectivity index (χ3v) is 7.57. The molecular weight excluding hydrogens is 576 g/mol. The van der Waals surface area contributed by atoms with E-state index in [0.717, 1.165) is 5.56 Å². The van der Waals surface area contributed by atoms with Crippen LogP contribution < -0.4 is 33.8 Å². The van der Waals surface area contributed by atoms with Gasteiger partial charge >= 0.3 is 5.97 Å². The van der Waals surface area contributed by atoms with Crippen LogP contribution in [0.25, 0.3) is 6.08 Å². The van der Waals surface area contributed by atoms with Gasteiger partial charge in [0.15, 0.2) is 27.8 Å². The Morgan fingerprint density at radius 2 is 1.76 bits per heavy atom. The first-order valence-electron chi connectivity index (χ1n) is 11.6. The largest absolute Gasteiger partial charge is 0.493 e. The summed E-state index contributed by atoms with van der Waals surface area (Å²) in [5, 5.41) is 0. The van der Waals surface area contributed by atoms with Crippen molar-refractivity contribution in [1.82, 2.24) is 4.57 Å². The van der Waals surface area contributed by atoms with Crippen LogP contribution in [0.4, 0.5) is 0 Å². The molecule has 0 amide bonds. The number of allylic oxidation sites excluding steroid dienone is 1. The molecule has 9 nitrogen and oxygen atoms in total. The minimum absolute atomic E-state index is 0.187. The Hall–Kier alpha value is -3.57. The predicted octanol–water partition coefficient (Wildman–Crippen LogP) is 3.60. The number of nitrogens with zero attached hydrogens (tertiary/aromatic N) is 2. The fourth-order valence-electron chi connectivity index (χ4n) is 4.30. The quantitative estimate of drug-likeness (QED) is 0.363. The molecule has 1 aliphatic rings. The second-order valence-corrected chi connectivity index (χ2v) is 10.0. The highest BCUT2D eigenvalue weighted by Gasteiger charge is 2.34. The predicted molar refractivity (Wildman–Crippen MR) is 147 cm³/mol. The molecule has 0 bridgehead atoms. The summed E-state index contributed by atoms with van der Waals surface area (Å²) in [6, 6.07) is 8.13. The van der Waals surface area contributed by atoms with Crippen molar-refractivity contribution in [1.29, 1.82) is 0 Å². The standard InChI is InChI=1S/C27H27BrN2O7S/c1-7-37-26(32)22-14(2)29-27-30(23(22)16-8-9-18(33-3)19(13-16)34-4)25(31)21(38-27)12-15-10-17(28)24(36-6)20(11-15)35-5/h8-13,23H,7H2,1-6H3/b21-12-. The monoisotopic (exact) mass is 602 g/mol. The Kier molecular flexibility index (Phi) is 8.27. The topological polar surface area (TPSA) is 97.6 Å². The van der Waals surface area contributed by atoms with Crippen LogP contribution in [-0.2, 0) is 9.53 Å². The Morgan fingerprint density at radius 1 is 1.05 bits per heavy atom. The second kappa shape index (κ2) is 11.4. The van der Waals surface area contributed by atoms with E-state index in [1.807, 2.05) is 6.07 Å². The summed E-state index contributed by atoms with van der Waals surface area (Å²) >= 11 is 4.73. The molecule has 0 saturated carbocycles. The van der Waals surface area contributed by atoms with Gasteiger partial charge in [-0.25, -0.2) is 9.79 Å². The van der Waals surface area contributed by atoms with Gasteiger partial charge in [-0.2, -0.15) is 0 Å². The van der Waals surface area contributed by atoms with Gasteiger partial charge in [0.25, 0.3) is 5.56 Å². The Labute approximate surface area is 231 Å². The van der Waals surface area contributed by atoms with E-state index >= 15 is 0 Å². The summed E-state index contributed by atoms with van der Waals surface area (Å²) in [5.74, 6) is 1.53. The minimum Gasteiger partial charge on any atom is -0.493 e. The lowest BCUT2D eigenvalue weighted by molar-refractivity contribution is -0.139. The number of benzene rings is 2. The Balaban J connectivity index is 1.96. The first-order chi connectivity index (χ1) is 18.3. The summed E-state index contributed by atoms with van der Waals surface area (Å²) in [4.78, 5) is 32.0. The maximum atomic E-state index is 13.9. The van der Waals surface area contributed by atoms with Gasteiger partial charge < -0.3 is 23.7 Å². The van der Waals surface area contributed by atoms with Crippen molar-refractivity contribution in [2.45, 2.75) is 19.9 Å². The summed E-state index contributed by atoms with van der Waals surface area (Å²) in [6.07, 6.45) is 1.76. The van der Waals surface area contributed by atoms with Gasteiger partial charge in [0.2, 0.25) is 0 Å². The van der Waals surface area contributed by atoms with Crippen molar-refractivity contribution >= 4 is 39.3 Å². The number of methoxy groups -OCH3 is 4. The van der Waals surface area contributed by atoms with Crippen LogP contribution in [0.1, 0.15) is 31.0 Å². The fourth-order valence-corrected chi connectivity index (χ4v) is 5.97. The van der Waals surface area contributed by atoms with E-state index < -0.39 is 12.0 Å². The van der Waals surface area contributed by atoms with Crippen molar-refractivity contribution in [3.63, 3.8) is 0 Å². The molecule has 2 heterocycles. The highest BCUT2D eigenvalue weighted by molar-refractivity contribution is 9.10. The average Bonchev–Trinajstić information content (AvgIpc) is 3.21. The van der Waals surface area contributed by atoms with E-state index in [4.69, 9.17) is 23.7 Å². The second-order valence-electron chi connectivity index (χ2n) is 8.15. The molecule has 0 saturated heterocycles. The zero-order chi connectivity index (χ0) is 27.6. The van der Waals surface area contributed by atoms with Crippen LogP contribution in [0.5, 0.6) is 23.0 Å². The molecule has 2 aromatic carbocycles. The number of halogens is 1. The van der Waals surface area contributed by atoms with Gasteiger partial charge in [-0.05, 0) is 71.2 Å². The van der Waals surface area contributed by atoms with Crippen LogP contribution in [-0.4, -0.2) is 45.6 Å². The van der Waals surface area contributed by atoms with Crippen molar-refractivity contribution in [3.05, 3.63) is 76.9 Å². The smallest absolute Gasteiger partial charge is 0.338 e. The van der Waals surface area contributed by atoms with Crippen molar-refractivity contribution in [2.75, 3.05) is 35.0 Å². The maximum absolute atomic E-state index is 13.9. The summed E-state index contributed by atoms with van der Waals surface area (Å²) in [5.41, 5.74) is 1.84. The molecular formula is C27H27BrN2O7S. The van der Waals surface area contributed by atoms with Crippen LogP contribution in [0.3, 0.4) is 0 Å². The molecule has 1 aromatic heterocycles. The van der Waals surface area contributed by atoms with E-state index in [-0.39, 0.29) is 17.7 Å². The molecule has 0 radical (unpaired) electrons. The minimum atomic E-state index is -0.774. The van der Waals surface area contributed by atoms with Crippen molar-refractivity contribution < 1.29 is 28.5 Å². The third-order valence-electron chi connectivity index (χ3n) is 5.99. The number of esters is 1. The van der Waals surface area contributed by atoms with Gasteiger partial charge in [0.05, 0.1) is 61.4 Å². The van der Waals surface area contributed by atoms with Crippen LogP contribution in [0.15, 0.2) is 55.9 Å². The molecule has 38 heavy (non-hydrogen) atoms. The van der Waals surface area contributed by atoms with Gasteiger partial charge in [0.1, 0.15) is 0 Å². The molecule has 3 aromatic rings. The number of carbonyl (C=O) groups excluding carboxylic acids is 1. The highest BCUT2D eigenvalue weighted by Crippen LogP contribution is 2.37. The van der Waals surface area contributed by atoms with Gasteiger partial charge in [-0.1, -0.05) is 17.4 Å². The van der Waals surface area contributed by atoms with Crippen molar-refractivity contribution in [3.8, 4) is 23.0 Å². The number of carbonyl (C=O) groups is 1. The number of hydrogen-bond donors (Lipinski definition) is 0.